The molecular formula is C17H16OS. The smallest absolute Gasteiger partial charge is 0.123 e. The van der Waals surface area contributed by atoms with Gasteiger partial charge in [-0.2, -0.15) is 0 Å². The van der Waals surface area contributed by atoms with Crippen LogP contribution in [0.2, 0.25) is 0 Å². The van der Waals surface area contributed by atoms with Crippen LogP contribution in [-0.4, -0.2) is 5.11 Å². The molecule has 0 aliphatic heterocycles. The van der Waals surface area contributed by atoms with Crippen LogP contribution in [0.25, 0.3) is 10.8 Å². The van der Waals surface area contributed by atoms with Gasteiger partial charge < -0.3 is 5.11 Å². The van der Waals surface area contributed by atoms with E-state index in [1.807, 2.05) is 67.6 Å². The van der Waals surface area contributed by atoms with Gasteiger partial charge in [0.15, 0.2) is 0 Å². The molecule has 96 valence electrons. The topological polar surface area (TPSA) is 20.2 Å². The number of benzene rings is 3. The molecule has 0 unspecified atom stereocenters. The molecule has 2 heteroatoms. The lowest BCUT2D eigenvalue weighted by Crippen LogP contribution is -1.70. The molecule has 0 aliphatic rings. The predicted molar refractivity (Wildman–Crippen MR) is 84.0 cm³/mol. The number of phenolic OH excluding ortho intramolecular Hbond substituents is 1. The molecule has 0 atom stereocenters. The number of fused-ring (bicyclic) bond motifs is 1. The SMILES string of the molecule is Cc1ccccc1S.Oc1cccc2ccccc12. The van der Waals surface area contributed by atoms with E-state index < -0.39 is 0 Å². The van der Waals surface area contributed by atoms with Gasteiger partial charge in [0.05, 0.1) is 0 Å². The molecule has 3 aromatic carbocycles. The lowest BCUT2D eigenvalue weighted by molar-refractivity contribution is 0.481. The van der Waals surface area contributed by atoms with Crippen molar-refractivity contribution >= 4 is 23.4 Å². The highest BCUT2D eigenvalue weighted by molar-refractivity contribution is 7.80. The second-order valence-electron chi connectivity index (χ2n) is 4.28. The van der Waals surface area contributed by atoms with Gasteiger partial charge in [-0.3, -0.25) is 0 Å². The summed E-state index contributed by atoms with van der Waals surface area (Å²) in [6.45, 7) is 2.04. The van der Waals surface area contributed by atoms with Crippen LogP contribution in [-0.2, 0) is 0 Å². The number of aryl methyl sites for hydroxylation is 1. The first-order chi connectivity index (χ1) is 9.18. The third-order valence-corrected chi connectivity index (χ3v) is 3.38. The van der Waals surface area contributed by atoms with Crippen molar-refractivity contribution in [3.63, 3.8) is 0 Å². The van der Waals surface area contributed by atoms with Gasteiger partial charge in [-0.1, -0.05) is 54.6 Å². The van der Waals surface area contributed by atoms with Gasteiger partial charge in [0, 0.05) is 10.3 Å². The second kappa shape index (κ2) is 6.30. The third kappa shape index (κ3) is 3.52. The Balaban J connectivity index is 0.000000148. The quantitative estimate of drug-likeness (QED) is 0.560. The summed E-state index contributed by atoms with van der Waals surface area (Å²) in [6.07, 6.45) is 0. The summed E-state index contributed by atoms with van der Waals surface area (Å²) in [4.78, 5) is 1.06. The summed E-state index contributed by atoms with van der Waals surface area (Å²) >= 11 is 4.20. The maximum atomic E-state index is 9.37. The fraction of sp³-hybridized carbons (Fsp3) is 0.0588. The van der Waals surface area contributed by atoms with Crippen LogP contribution >= 0.6 is 12.6 Å². The van der Waals surface area contributed by atoms with Crippen molar-refractivity contribution < 1.29 is 5.11 Å². The Morgan fingerprint density at radius 2 is 1.42 bits per heavy atom. The van der Waals surface area contributed by atoms with Gasteiger partial charge in [-0.25, -0.2) is 0 Å². The highest BCUT2D eigenvalue weighted by atomic mass is 32.1. The number of rotatable bonds is 0. The van der Waals surface area contributed by atoms with E-state index in [1.54, 1.807) is 6.07 Å². The van der Waals surface area contributed by atoms with Crippen molar-refractivity contribution in [2.75, 3.05) is 0 Å². The molecule has 19 heavy (non-hydrogen) atoms. The summed E-state index contributed by atoms with van der Waals surface area (Å²) in [5.41, 5.74) is 1.23. The van der Waals surface area contributed by atoms with Crippen LogP contribution in [0.5, 0.6) is 5.75 Å². The van der Waals surface area contributed by atoms with E-state index in [-0.39, 0.29) is 0 Å². The summed E-state index contributed by atoms with van der Waals surface area (Å²) in [6, 6.07) is 21.3. The molecule has 0 bridgehead atoms. The van der Waals surface area contributed by atoms with Crippen LogP contribution in [0.1, 0.15) is 5.56 Å². The first kappa shape index (κ1) is 13.5. The minimum Gasteiger partial charge on any atom is -0.507 e. The molecule has 0 aromatic heterocycles. The Kier molecular flexibility index (Phi) is 4.48. The molecule has 0 spiro atoms. The molecule has 0 aliphatic carbocycles. The van der Waals surface area contributed by atoms with Crippen molar-refractivity contribution in [2.45, 2.75) is 11.8 Å². The minimum atomic E-state index is 0.350. The highest BCUT2D eigenvalue weighted by Crippen LogP contribution is 2.22. The summed E-state index contributed by atoms with van der Waals surface area (Å²) in [7, 11) is 0. The van der Waals surface area contributed by atoms with Crippen LogP contribution < -0.4 is 0 Å². The molecule has 0 saturated carbocycles. The fourth-order valence-electron chi connectivity index (χ4n) is 1.77. The fourth-order valence-corrected chi connectivity index (χ4v) is 1.93. The number of hydrogen-bond donors (Lipinski definition) is 2. The molecule has 1 N–H and O–H groups in total. The third-order valence-electron chi connectivity index (χ3n) is 2.88. The van der Waals surface area contributed by atoms with E-state index >= 15 is 0 Å². The highest BCUT2D eigenvalue weighted by Gasteiger charge is 1.94. The first-order valence-electron chi connectivity index (χ1n) is 6.10. The lowest BCUT2D eigenvalue weighted by atomic mass is 10.1. The lowest BCUT2D eigenvalue weighted by Gasteiger charge is -1.97. The molecular weight excluding hydrogens is 252 g/mol. The predicted octanol–water partition coefficient (Wildman–Crippen LogP) is 4.83. The molecule has 0 amide bonds. The maximum absolute atomic E-state index is 9.37. The molecule has 0 fully saturated rings. The monoisotopic (exact) mass is 268 g/mol. The van der Waals surface area contributed by atoms with Crippen molar-refractivity contribution in [1.82, 2.24) is 0 Å². The van der Waals surface area contributed by atoms with Gasteiger partial charge >= 0.3 is 0 Å². The number of thiol groups is 1. The van der Waals surface area contributed by atoms with Gasteiger partial charge in [0.2, 0.25) is 0 Å². The molecule has 0 heterocycles. The van der Waals surface area contributed by atoms with Crippen molar-refractivity contribution in [3.8, 4) is 5.75 Å². The van der Waals surface area contributed by atoms with Gasteiger partial charge in [-0.05, 0) is 30.0 Å². The molecule has 3 rings (SSSR count). The molecule has 1 nitrogen and oxygen atoms in total. The van der Waals surface area contributed by atoms with Crippen molar-refractivity contribution in [1.29, 1.82) is 0 Å². The largest absolute Gasteiger partial charge is 0.507 e. The number of phenols is 1. The molecule has 0 radical (unpaired) electrons. The Hall–Kier alpha value is -1.93. The van der Waals surface area contributed by atoms with Crippen LogP contribution in [0.15, 0.2) is 71.6 Å². The van der Waals surface area contributed by atoms with Crippen molar-refractivity contribution in [2.24, 2.45) is 0 Å². The summed E-state index contributed by atoms with van der Waals surface area (Å²) in [5.74, 6) is 0.350. The molecule has 3 aromatic rings. The van der Waals surface area contributed by atoms with Gasteiger partial charge in [0.1, 0.15) is 5.75 Å². The number of aromatic hydroxyl groups is 1. The van der Waals surface area contributed by atoms with Crippen molar-refractivity contribution in [3.05, 3.63) is 72.3 Å². The normalized spacial score (nSPS) is 9.79. The van der Waals surface area contributed by atoms with E-state index in [2.05, 4.69) is 12.6 Å². The van der Waals surface area contributed by atoms with Crippen LogP contribution in [0.4, 0.5) is 0 Å². The second-order valence-corrected chi connectivity index (χ2v) is 4.77. The Morgan fingerprint density at radius 1 is 0.789 bits per heavy atom. The maximum Gasteiger partial charge on any atom is 0.123 e. The zero-order chi connectivity index (χ0) is 13.7. The van der Waals surface area contributed by atoms with E-state index in [4.69, 9.17) is 0 Å². The Bertz CT molecular complexity index is 650. The van der Waals surface area contributed by atoms with E-state index in [1.165, 1.54) is 5.56 Å². The molecule has 0 saturated heterocycles. The Morgan fingerprint density at radius 3 is 2.05 bits per heavy atom. The zero-order valence-corrected chi connectivity index (χ0v) is 11.6. The van der Waals surface area contributed by atoms with Crippen LogP contribution in [0, 0.1) is 6.92 Å². The average Bonchev–Trinajstić information content (AvgIpc) is 2.44. The van der Waals surface area contributed by atoms with E-state index in [0.717, 1.165) is 15.7 Å². The average molecular weight is 268 g/mol. The Labute approximate surface area is 118 Å². The zero-order valence-electron chi connectivity index (χ0n) is 10.7. The first-order valence-corrected chi connectivity index (χ1v) is 6.54. The standard InChI is InChI=1S/C10H8O.C7H8S/c11-10-7-3-5-8-4-1-2-6-9(8)10;1-6-4-2-3-5-7(6)8/h1-7,11H;2-5,8H,1H3. The summed E-state index contributed by atoms with van der Waals surface area (Å²) in [5, 5.41) is 11.4. The van der Waals surface area contributed by atoms with Gasteiger partial charge in [0.25, 0.3) is 0 Å². The summed E-state index contributed by atoms with van der Waals surface area (Å²) < 4.78 is 0. The number of hydrogen-bond acceptors (Lipinski definition) is 2. The van der Waals surface area contributed by atoms with Gasteiger partial charge in [-0.15, -0.1) is 12.6 Å². The van der Waals surface area contributed by atoms with E-state index in [0.29, 0.717) is 5.75 Å². The minimum absolute atomic E-state index is 0.350. The van der Waals surface area contributed by atoms with Crippen LogP contribution in [0.3, 0.4) is 0 Å². The van der Waals surface area contributed by atoms with E-state index in [9.17, 15) is 5.11 Å².